The minimum atomic E-state index is -2.86. The second-order valence-electron chi connectivity index (χ2n) is 6.90. The highest BCUT2D eigenvalue weighted by molar-refractivity contribution is 8.14. The number of thioether (sulfide) groups is 1. The van der Waals surface area contributed by atoms with Gasteiger partial charge in [-0.25, -0.2) is 9.67 Å². The first-order valence-electron chi connectivity index (χ1n) is 8.53. The van der Waals surface area contributed by atoms with Gasteiger partial charge in [0.2, 0.25) is 0 Å². The van der Waals surface area contributed by atoms with Crippen molar-refractivity contribution in [3.8, 4) is 0 Å². The summed E-state index contributed by atoms with van der Waals surface area (Å²) >= 11 is 1.52. The van der Waals surface area contributed by atoms with E-state index < -0.39 is 17.9 Å². The third-order valence-corrected chi connectivity index (χ3v) is 5.33. The first kappa shape index (κ1) is 19.5. The minimum absolute atomic E-state index is 0.0209. The molecule has 2 aromatic heterocycles. The molecule has 1 aliphatic rings. The Morgan fingerprint density at radius 2 is 2.22 bits per heavy atom. The van der Waals surface area contributed by atoms with Crippen molar-refractivity contribution < 1.29 is 13.6 Å². The van der Waals surface area contributed by atoms with E-state index in [0.717, 1.165) is 6.42 Å². The largest absolute Gasteiger partial charge is 0.379 e. The molecule has 6 nitrogen and oxygen atoms in total. The van der Waals surface area contributed by atoms with Crippen LogP contribution in [0.2, 0.25) is 0 Å². The fourth-order valence-electron chi connectivity index (χ4n) is 3.31. The smallest absolute Gasteiger partial charge is 0.333 e. The van der Waals surface area contributed by atoms with Crippen molar-refractivity contribution in [1.82, 2.24) is 14.8 Å². The second-order valence-corrected chi connectivity index (χ2v) is 8.36. The highest BCUT2D eigenvalue weighted by atomic mass is 32.2. The van der Waals surface area contributed by atoms with Crippen LogP contribution in [0, 0.1) is 6.92 Å². The van der Waals surface area contributed by atoms with E-state index >= 15 is 0 Å². The number of hydrogen-bond donors (Lipinski definition) is 1. The number of ketones is 1. The molecule has 2 atom stereocenters. The first-order valence-corrected chi connectivity index (χ1v) is 9.41. The zero-order valence-electron chi connectivity index (χ0n) is 15.3. The van der Waals surface area contributed by atoms with Crippen molar-refractivity contribution >= 4 is 22.7 Å². The average Bonchev–Trinajstić information content (AvgIpc) is 2.96. The van der Waals surface area contributed by atoms with Crippen LogP contribution in [-0.2, 0) is 12.0 Å². The molecule has 0 spiro atoms. The molecule has 144 valence electrons. The molecule has 2 N–H and O–H groups in total. The number of aromatic nitrogens is 3. The Hall–Kier alpha value is -2.29. The van der Waals surface area contributed by atoms with E-state index in [-0.39, 0.29) is 12.1 Å². The van der Waals surface area contributed by atoms with E-state index in [1.54, 1.807) is 25.3 Å². The lowest BCUT2D eigenvalue weighted by molar-refractivity contribution is 0.0513. The Morgan fingerprint density at radius 1 is 1.48 bits per heavy atom. The van der Waals surface area contributed by atoms with Gasteiger partial charge in [0, 0.05) is 17.9 Å². The SMILES string of the molecule is Cc1cc(C(=O)Cc2ccnc([C@]3(C)C[C@@H](C)SC(N)=N3)c2)n(C(F)F)n1. The Labute approximate surface area is 160 Å². The first-order chi connectivity index (χ1) is 12.7. The number of aliphatic imine (C=N–C) groups is 1. The number of alkyl halides is 2. The van der Waals surface area contributed by atoms with Crippen LogP contribution in [-0.4, -0.2) is 31.0 Å². The van der Waals surface area contributed by atoms with E-state index in [2.05, 4.69) is 22.0 Å². The molecule has 0 unspecified atom stereocenters. The lowest BCUT2D eigenvalue weighted by Gasteiger charge is -2.32. The van der Waals surface area contributed by atoms with Crippen LogP contribution in [0.25, 0.3) is 0 Å². The standard InChI is InChI=1S/C18H21F2N5OS/c1-10-6-13(25(24-10)16(19)20)14(26)7-12-4-5-22-15(8-12)18(3)9-11(2)27-17(21)23-18/h4-6,8,11,16H,7,9H2,1-3H3,(H2,21,23)/t11-,18+/m1/s1. The Kier molecular flexibility index (Phi) is 5.32. The van der Waals surface area contributed by atoms with E-state index in [9.17, 15) is 13.6 Å². The predicted molar refractivity (Wildman–Crippen MR) is 101 cm³/mol. The average molecular weight is 393 g/mol. The molecule has 9 heteroatoms. The summed E-state index contributed by atoms with van der Waals surface area (Å²) in [4.78, 5) is 21.5. The van der Waals surface area contributed by atoms with Crippen LogP contribution < -0.4 is 5.73 Å². The molecule has 27 heavy (non-hydrogen) atoms. The van der Waals surface area contributed by atoms with Crippen LogP contribution in [0.5, 0.6) is 0 Å². The number of halogens is 2. The molecule has 0 bridgehead atoms. The number of carbonyl (C=O) groups excluding carboxylic acids is 1. The number of pyridine rings is 1. The van der Waals surface area contributed by atoms with Gasteiger partial charge < -0.3 is 5.73 Å². The molecule has 0 fully saturated rings. The Balaban J connectivity index is 1.87. The second kappa shape index (κ2) is 7.38. The molecular weight excluding hydrogens is 372 g/mol. The topological polar surface area (TPSA) is 86.2 Å². The summed E-state index contributed by atoms with van der Waals surface area (Å²) in [5, 5.41) is 4.50. The van der Waals surface area contributed by atoms with Gasteiger partial charge in [0.25, 0.3) is 0 Å². The van der Waals surface area contributed by atoms with E-state index in [1.807, 2.05) is 6.92 Å². The summed E-state index contributed by atoms with van der Waals surface area (Å²) in [7, 11) is 0. The van der Waals surface area contributed by atoms with Crippen molar-refractivity contribution in [2.24, 2.45) is 10.7 Å². The van der Waals surface area contributed by atoms with Crippen LogP contribution >= 0.6 is 11.8 Å². The molecule has 2 aromatic rings. The van der Waals surface area contributed by atoms with E-state index in [0.29, 0.717) is 32.1 Å². The summed E-state index contributed by atoms with van der Waals surface area (Å²) in [5.74, 6) is -0.422. The fourth-order valence-corrected chi connectivity index (χ4v) is 4.39. The maximum Gasteiger partial charge on any atom is 0.333 e. The Morgan fingerprint density at radius 3 is 2.89 bits per heavy atom. The maximum absolute atomic E-state index is 13.1. The van der Waals surface area contributed by atoms with Gasteiger partial charge in [0.05, 0.1) is 11.4 Å². The summed E-state index contributed by atoms with van der Waals surface area (Å²) in [5.41, 5.74) is 7.03. The maximum atomic E-state index is 13.1. The van der Waals surface area contributed by atoms with Crippen LogP contribution in [0.4, 0.5) is 8.78 Å². The highest BCUT2D eigenvalue weighted by Crippen LogP contribution is 2.38. The summed E-state index contributed by atoms with van der Waals surface area (Å²) in [6, 6.07) is 4.88. The number of aryl methyl sites for hydroxylation is 1. The number of Topliss-reactive ketones (excluding diaryl/α,β-unsaturated/α-hetero) is 1. The van der Waals surface area contributed by atoms with Crippen LogP contribution in [0.15, 0.2) is 29.4 Å². The Bertz CT molecular complexity index is 898. The molecule has 0 aromatic carbocycles. The fraction of sp³-hybridized carbons (Fsp3) is 0.444. The van der Waals surface area contributed by atoms with Gasteiger partial charge in [-0.1, -0.05) is 18.7 Å². The van der Waals surface area contributed by atoms with Gasteiger partial charge in [-0.15, -0.1) is 0 Å². The van der Waals surface area contributed by atoms with Gasteiger partial charge >= 0.3 is 6.55 Å². The third-order valence-electron chi connectivity index (χ3n) is 4.43. The number of nitrogens with two attached hydrogens (primary N) is 1. The minimum Gasteiger partial charge on any atom is -0.379 e. The molecule has 0 saturated heterocycles. The molecule has 0 amide bonds. The monoisotopic (exact) mass is 393 g/mol. The molecular formula is C18H21F2N5OS. The van der Waals surface area contributed by atoms with Gasteiger partial charge in [-0.05, 0) is 44.0 Å². The molecule has 3 rings (SSSR count). The molecule has 0 saturated carbocycles. The predicted octanol–water partition coefficient (Wildman–Crippen LogP) is 3.46. The third kappa shape index (κ3) is 4.18. The van der Waals surface area contributed by atoms with Gasteiger partial charge in [-0.2, -0.15) is 13.9 Å². The van der Waals surface area contributed by atoms with E-state index in [4.69, 9.17) is 5.73 Å². The zero-order valence-corrected chi connectivity index (χ0v) is 16.1. The van der Waals surface area contributed by atoms with Crippen molar-refractivity contribution in [1.29, 1.82) is 0 Å². The van der Waals surface area contributed by atoms with Gasteiger partial charge in [-0.3, -0.25) is 9.78 Å². The molecule has 0 aliphatic carbocycles. The number of hydrogen-bond acceptors (Lipinski definition) is 6. The van der Waals surface area contributed by atoms with Crippen molar-refractivity contribution in [3.63, 3.8) is 0 Å². The molecule has 1 aliphatic heterocycles. The quantitative estimate of drug-likeness (QED) is 0.786. The number of amidine groups is 1. The van der Waals surface area contributed by atoms with Crippen molar-refractivity contribution in [2.75, 3.05) is 0 Å². The number of rotatable bonds is 5. The molecule has 0 radical (unpaired) electrons. The summed E-state index contributed by atoms with van der Waals surface area (Å²) in [6.07, 6.45) is 2.35. The van der Waals surface area contributed by atoms with Gasteiger partial charge in [0.1, 0.15) is 11.2 Å². The normalized spacial score (nSPS) is 22.7. The van der Waals surface area contributed by atoms with Gasteiger partial charge in [0.15, 0.2) is 11.0 Å². The van der Waals surface area contributed by atoms with Crippen LogP contribution in [0.3, 0.4) is 0 Å². The molecule has 3 heterocycles. The zero-order chi connectivity index (χ0) is 19.8. The van der Waals surface area contributed by atoms with Crippen LogP contribution in [0.1, 0.15) is 54.3 Å². The highest BCUT2D eigenvalue weighted by Gasteiger charge is 2.34. The number of carbonyl (C=O) groups is 1. The lowest BCUT2D eigenvalue weighted by Crippen LogP contribution is -2.33. The van der Waals surface area contributed by atoms with Crippen molar-refractivity contribution in [2.45, 2.75) is 51.0 Å². The van der Waals surface area contributed by atoms with E-state index in [1.165, 1.54) is 17.8 Å². The lowest BCUT2D eigenvalue weighted by atomic mass is 9.90. The summed E-state index contributed by atoms with van der Waals surface area (Å²) < 4.78 is 26.6. The number of nitrogens with zero attached hydrogens (tertiary/aromatic N) is 4. The van der Waals surface area contributed by atoms with Crippen molar-refractivity contribution in [3.05, 3.63) is 47.0 Å². The summed E-state index contributed by atoms with van der Waals surface area (Å²) in [6.45, 7) is 2.75.